The highest BCUT2D eigenvalue weighted by Gasteiger charge is 2.25. The van der Waals surface area contributed by atoms with Crippen LogP contribution in [0.5, 0.6) is 0 Å². The van der Waals surface area contributed by atoms with E-state index in [0.29, 0.717) is 12.0 Å². The molecule has 0 aliphatic carbocycles. The summed E-state index contributed by atoms with van der Waals surface area (Å²) in [5.74, 6) is 0. The normalized spacial score (nSPS) is 17.5. The molecule has 0 saturated carbocycles. The Labute approximate surface area is 213 Å². The lowest BCUT2D eigenvalue weighted by molar-refractivity contribution is 0.127. The summed E-state index contributed by atoms with van der Waals surface area (Å²) in [6, 6.07) is 14.8. The molecule has 3 aromatic heterocycles. The van der Waals surface area contributed by atoms with Crippen molar-refractivity contribution >= 4 is 17.4 Å². The summed E-state index contributed by atoms with van der Waals surface area (Å²) in [6.07, 6.45) is 15.0. The minimum atomic E-state index is 0.478. The zero-order valence-corrected chi connectivity index (χ0v) is 21.2. The maximum absolute atomic E-state index is 4.89. The van der Waals surface area contributed by atoms with E-state index in [1.165, 1.54) is 31.5 Å². The lowest BCUT2D eigenvalue weighted by Crippen LogP contribution is -2.36. The molecule has 36 heavy (non-hydrogen) atoms. The van der Waals surface area contributed by atoms with Crippen molar-refractivity contribution in [2.24, 2.45) is 5.41 Å². The van der Waals surface area contributed by atoms with E-state index in [1.54, 1.807) is 0 Å². The number of pyridine rings is 2. The first-order valence-corrected chi connectivity index (χ1v) is 12.8. The zero-order chi connectivity index (χ0) is 24.7. The molecule has 6 rings (SSSR count). The molecule has 5 heterocycles. The number of hydrogen-bond donors (Lipinski definition) is 0. The molecule has 0 bridgehead atoms. The fourth-order valence-electron chi connectivity index (χ4n) is 5.29. The van der Waals surface area contributed by atoms with Crippen LogP contribution in [0.25, 0.3) is 28.5 Å². The number of nitrogens with zero attached hydrogens (tertiary/aromatic N) is 5. The Balaban J connectivity index is 1.19. The van der Waals surface area contributed by atoms with Gasteiger partial charge in [-0.1, -0.05) is 56.8 Å². The van der Waals surface area contributed by atoms with E-state index in [4.69, 9.17) is 4.98 Å². The molecule has 1 fully saturated rings. The molecule has 2 aliphatic heterocycles. The van der Waals surface area contributed by atoms with E-state index in [2.05, 4.69) is 101 Å². The molecule has 4 aromatic rings. The van der Waals surface area contributed by atoms with Crippen molar-refractivity contribution in [1.29, 1.82) is 0 Å². The van der Waals surface area contributed by atoms with Crippen LogP contribution in [-0.2, 0) is 13.1 Å². The molecule has 0 amide bonds. The molecule has 0 atom stereocenters. The predicted molar refractivity (Wildman–Crippen MR) is 147 cm³/mol. The number of fused-ring (bicyclic) bond motifs is 2. The van der Waals surface area contributed by atoms with Gasteiger partial charge in [0.25, 0.3) is 0 Å². The van der Waals surface area contributed by atoms with Gasteiger partial charge in [0.1, 0.15) is 5.65 Å². The quantitative estimate of drug-likeness (QED) is 0.331. The average molecular weight is 476 g/mol. The maximum atomic E-state index is 4.89. The smallest absolute Gasteiger partial charge is 0.137 e. The van der Waals surface area contributed by atoms with Gasteiger partial charge in [0.05, 0.1) is 12.2 Å². The molecule has 1 saturated heterocycles. The van der Waals surface area contributed by atoms with E-state index < -0.39 is 0 Å². The minimum Gasteiger partial charge on any atom is -0.342 e. The highest BCUT2D eigenvalue weighted by molar-refractivity contribution is 5.85. The topological polar surface area (TPSA) is 36.7 Å². The second kappa shape index (κ2) is 9.07. The van der Waals surface area contributed by atoms with Gasteiger partial charge in [-0.25, -0.2) is 4.98 Å². The first kappa shape index (κ1) is 22.7. The van der Waals surface area contributed by atoms with Crippen LogP contribution in [0.4, 0.5) is 0 Å². The number of piperidine rings is 1. The monoisotopic (exact) mass is 475 g/mol. The van der Waals surface area contributed by atoms with Crippen molar-refractivity contribution in [1.82, 2.24) is 24.2 Å². The average Bonchev–Trinajstić information content (AvgIpc) is 3.29. The van der Waals surface area contributed by atoms with Crippen molar-refractivity contribution in [2.75, 3.05) is 13.1 Å². The SMILES string of the molecule is C=C1c2cncc(-c3ccccc3)c2C=CN1Cc1cn2cc(CN3CCC(C)(C)CC3)ccc2n1. The summed E-state index contributed by atoms with van der Waals surface area (Å²) in [4.78, 5) is 14.1. The maximum Gasteiger partial charge on any atom is 0.137 e. The van der Waals surface area contributed by atoms with Gasteiger partial charge >= 0.3 is 0 Å². The van der Waals surface area contributed by atoms with E-state index in [-0.39, 0.29) is 0 Å². The first-order valence-electron chi connectivity index (χ1n) is 12.8. The van der Waals surface area contributed by atoms with E-state index >= 15 is 0 Å². The number of imidazole rings is 1. The Morgan fingerprint density at radius 1 is 0.917 bits per heavy atom. The third-order valence-electron chi connectivity index (χ3n) is 7.66. The van der Waals surface area contributed by atoms with Crippen LogP contribution in [0.15, 0.2) is 80.0 Å². The second-order valence-electron chi connectivity index (χ2n) is 10.9. The molecule has 182 valence electrons. The highest BCUT2D eigenvalue weighted by atomic mass is 15.1. The molecular formula is C31H33N5. The number of benzene rings is 1. The van der Waals surface area contributed by atoms with Crippen LogP contribution < -0.4 is 0 Å². The Kier molecular flexibility index (Phi) is 5.73. The van der Waals surface area contributed by atoms with Crippen LogP contribution in [0, 0.1) is 5.41 Å². The number of aromatic nitrogens is 3. The summed E-state index contributed by atoms with van der Waals surface area (Å²) in [7, 11) is 0. The Bertz CT molecular complexity index is 1440. The van der Waals surface area contributed by atoms with Gasteiger partial charge in [-0.05, 0) is 60.2 Å². The molecule has 0 spiro atoms. The Hall–Kier alpha value is -3.70. The van der Waals surface area contributed by atoms with E-state index in [9.17, 15) is 0 Å². The zero-order valence-electron chi connectivity index (χ0n) is 21.2. The fourth-order valence-corrected chi connectivity index (χ4v) is 5.29. The number of rotatable bonds is 5. The van der Waals surface area contributed by atoms with Crippen LogP contribution in [0.3, 0.4) is 0 Å². The lowest BCUT2D eigenvalue weighted by atomic mass is 9.82. The lowest BCUT2D eigenvalue weighted by Gasteiger charge is -2.36. The summed E-state index contributed by atoms with van der Waals surface area (Å²) in [5, 5.41) is 0. The van der Waals surface area contributed by atoms with Crippen molar-refractivity contribution in [3.63, 3.8) is 0 Å². The van der Waals surface area contributed by atoms with Gasteiger partial charge in [-0.3, -0.25) is 9.88 Å². The first-order chi connectivity index (χ1) is 17.4. The van der Waals surface area contributed by atoms with Crippen molar-refractivity contribution < 1.29 is 0 Å². The third kappa shape index (κ3) is 4.47. The van der Waals surface area contributed by atoms with Crippen molar-refractivity contribution in [3.05, 3.63) is 102 Å². The third-order valence-corrected chi connectivity index (χ3v) is 7.66. The molecule has 5 heteroatoms. The number of hydrogen-bond acceptors (Lipinski definition) is 4. The van der Waals surface area contributed by atoms with Crippen LogP contribution >= 0.6 is 0 Å². The van der Waals surface area contributed by atoms with Gasteiger partial charge in [0.15, 0.2) is 0 Å². The molecule has 0 N–H and O–H groups in total. The Morgan fingerprint density at radius 3 is 2.50 bits per heavy atom. The molecular weight excluding hydrogens is 442 g/mol. The molecule has 0 unspecified atom stereocenters. The summed E-state index contributed by atoms with van der Waals surface area (Å²) >= 11 is 0. The van der Waals surface area contributed by atoms with E-state index in [1.807, 2.05) is 18.5 Å². The van der Waals surface area contributed by atoms with Crippen LogP contribution in [0.2, 0.25) is 0 Å². The largest absolute Gasteiger partial charge is 0.342 e. The van der Waals surface area contributed by atoms with Gasteiger partial charge < -0.3 is 9.30 Å². The highest BCUT2D eigenvalue weighted by Crippen LogP contribution is 2.35. The molecule has 5 nitrogen and oxygen atoms in total. The number of likely N-dealkylation sites (tertiary alicyclic amines) is 1. The summed E-state index contributed by atoms with van der Waals surface area (Å²) < 4.78 is 2.16. The van der Waals surface area contributed by atoms with E-state index in [0.717, 1.165) is 45.8 Å². The molecule has 2 aliphatic rings. The van der Waals surface area contributed by atoms with Gasteiger partial charge in [-0.2, -0.15) is 0 Å². The van der Waals surface area contributed by atoms with Gasteiger partial charge in [0.2, 0.25) is 0 Å². The van der Waals surface area contributed by atoms with Gasteiger partial charge in [-0.15, -0.1) is 0 Å². The predicted octanol–water partition coefficient (Wildman–Crippen LogP) is 6.48. The van der Waals surface area contributed by atoms with Crippen molar-refractivity contribution in [3.8, 4) is 11.1 Å². The molecule has 0 radical (unpaired) electrons. The Morgan fingerprint density at radius 2 is 1.69 bits per heavy atom. The van der Waals surface area contributed by atoms with Gasteiger partial charge in [0, 0.05) is 54.4 Å². The van der Waals surface area contributed by atoms with Crippen LogP contribution in [-0.4, -0.2) is 37.3 Å². The summed E-state index contributed by atoms with van der Waals surface area (Å²) in [5.41, 5.74) is 9.28. The fraction of sp³-hybridized carbons (Fsp3) is 0.290. The van der Waals surface area contributed by atoms with Crippen molar-refractivity contribution in [2.45, 2.75) is 39.8 Å². The minimum absolute atomic E-state index is 0.478. The standard InChI is InChI=1S/C31H33N5/c1-23-28-17-32-18-29(25-7-5-4-6-8-25)27(28)11-14-35(23)21-26-22-36-20-24(9-10-30(36)33-26)19-34-15-12-31(2,3)13-16-34/h4-11,14,17-18,20,22H,1,12-13,15-16,19,21H2,2-3H3. The summed E-state index contributed by atoms with van der Waals surface area (Å²) in [6.45, 7) is 13.2. The second-order valence-corrected chi connectivity index (χ2v) is 10.9. The molecule has 1 aromatic carbocycles. The van der Waals surface area contributed by atoms with Crippen LogP contribution in [0.1, 0.15) is 49.1 Å².